The van der Waals surface area contributed by atoms with Gasteiger partial charge in [-0.05, 0) is 44.0 Å². The van der Waals surface area contributed by atoms with E-state index in [4.69, 9.17) is 0 Å². The molecule has 0 aliphatic heterocycles. The van der Waals surface area contributed by atoms with Crippen molar-refractivity contribution in [2.75, 3.05) is 7.05 Å². The molecule has 1 aliphatic carbocycles. The van der Waals surface area contributed by atoms with E-state index in [9.17, 15) is 0 Å². The Kier molecular flexibility index (Phi) is 3.37. The summed E-state index contributed by atoms with van der Waals surface area (Å²) in [6, 6.07) is 4.69. The number of rotatable bonds is 4. The van der Waals surface area contributed by atoms with Crippen LogP contribution in [-0.4, -0.2) is 12.0 Å². The lowest BCUT2D eigenvalue weighted by Crippen LogP contribution is -2.23. The number of hydrogen-bond donors (Lipinski definition) is 1. The van der Waals surface area contributed by atoms with E-state index in [0.29, 0.717) is 6.04 Å². The molecule has 2 heteroatoms. The summed E-state index contributed by atoms with van der Waals surface area (Å²) in [7, 11) is 2.04. The van der Waals surface area contributed by atoms with Gasteiger partial charge in [0.15, 0.2) is 0 Å². The van der Waals surface area contributed by atoms with Crippen molar-refractivity contribution in [2.45, 2.75) is 38.6 Å². The number of aryl methyl sites for hydroxylation is 1. The summed E-state index contributed by atoms with van der Waals surface area (Å²) in [5.41, 5.74) is 2.50. The first-order valence-corrected chi connectivity index (χ1v) is 5.89. The van der Waals surface area contributed by atoms with Crippen molar-refractivity contribution in [3.05, 3.63) is 29.6 Å². The molecule has 15 heavy (non-hydrogen) atoms. The Hall–Kier alpha value is -0.890. The molecule has 0 bridgehead atoms. The van der Waals surface area contributed by atoms with E-state index >= 15 is 0 Å². The van der Waals surface area contributed by atoms with Crippen LogP contribution >= 0.6 is 0 Å². The van der Waals surface area contributed by atoms with E-state index < -0.39 is 0 Å². The third-order valence-electron chi connectivity index (χ3n) is 3.44. The molecule has 82 valence electrons. The molecule has 0 spiro atoms. The fraction of sp³-hybridized carbons (Fsp3) is 0.615. The Morgan fingerprint density at radius 2 is 2.33 bits per heavy atom. The van der Waals surface area contributed by atoms with E-state index in [-0.39, 0.29) is 0 Å². The van der Waals surface area contributed by atoms with Gasteiger partial charge in [0.05, 0.1) is 5.69 Å². The monoisotopic (exact) mass is 204 g/mol. The second-order valence-electron chi connectivity index (χ2n) is 4.63. The molecule has 1 aliphatic rings. The SMILES string of the molecule is CNC(CC1CCC1)c1cc(C)ccn1. The number of nitrogens with one attached hydrogen (secondary N) is 1. The van der Waals surface area contributed by atoms with Crippen LogP contribution < -0.4 is 5.32 Å². The summed E-state index contributed by atoms with van der Waals surface area (Å²) in [4.78, 5) is 4.46. The summed E-state index contributed by atoms with van der Waals surface area (Å²) in [6.07, 6.45) is 7.39. The highest BCUT2D eigenvalue weighted by atomic mass is 14.9. The van der Waals surface area contributed by atoms with Crippen molar-refractivity contribution >= 4 is 0 Å². The van der Waals surface area contributed by atoms with Crippen molar-refractivity contribution in [3.63, 3.8) is 0 Å². The highest BCUT2D eigenvalue weighted by Gasteiger charge is 2.22. The smallest absolute Gasteiger partial charge is 0.0575 e. The minimum atomic E-state index is 0.440. The highest BCUT2D eigenvalue weighted by Crippen LogP contribution is 2.34. The molecular formula is C13H20N2. The Morgan fingerprint density at radius 3 is 2.87 bits per heavy atom. The lowest BCUT2D eigenvalue weighted by Gasteiger charge is -2.29. The van der Waals surface area contributed by atoms with Crippen molar-refractivity contribution in [3.8, 4) is 0 Å². The Morgan fingerprint density at radius 1 is 1.53 bits per heavy atom. The van der Waals surface area contributed by atoms with Crippen molar-refractivity contribution in [1.29, 1.82) is 0 Å². The molecule has 0 aromatic carbocycles. The molecule has 0 saturated heterocycles. The van der Waals surface area contributed by atoms with E-state index in [1.807, 2.05) is 13.2 Å². The lowest BCUT2D eigenvalue weighted by molar-refractivity contribution is 0.264. The maximum atomic E-state index is 4.46. The summed E-state index contributed by atoms with van der Waals surface area (Å²) < 4.78 is 0. The molecule has 2 nitrogen and oxygen atoms in total. The Labute approximate surface area is 92.1 Å². The van der Waals surface area contributed by atoms with Crippen LogP contribution in [0.2, 0.25) is 0 Å². The highest BCUT2D eigenvalue weighted by molar-refractivity contribution is 5.17. The van der Waals surface area contributed by atoms with Crippen LogP contribution in [0, 0.1) is 12.8 Å². The van der Waals surface area contributed by atoms with Gasteiger partial charge in [-0.2, -0.15) is 0 Å². The predicted octanol–water partition coefficient (Wildman–Crippen LogP) is 2.84. The van der Waals surface area contributed by atoms with Gasteiger partial charge < -0.3 is 5.32 Å². The Balaban J connectivity index is 2.04. The van der Waals surface area contributed by atoms with Gasteiger partial charge in [0, 0.05) is 12.2 Å². The zero-order valence-corrected chi connectivity index (χ0v) is 9.66. The van der Waals surface area contributed by atoms with E-state index in [0.717, 1.165) is 5.92 Å². The van der Waals surface area contributed by atoms with Gasteiger partial charge >= 0.3 is 0 Å². The van der Waals surface area contributed by atoms with Crippen LogP contribution in [-0.2, 0) is 0 Å². The van der Waals surface area contributed by atoms with Gasteiger partial charge in [0.25, 0.3) is 0 Å². The van der Waals surface area contributed by atoms with Crippen LogP contribution in [0.15, 0.2) is 18.3 Å². The molecule has 1 N–H and O–H groups in total. The number of hydrogen-bond acceptors (Lipinski definition) is 2. The molecule has 0 radical (unpaired) electrons. The fourth-order valence-electron chi connectivity index (χ4n) is 2.20. The van der Waals surface area contributed by atoms with E-state index in [1.165, 1.54) is 36.9 Å². The van der Waals surface area contributed by atoms with Crippen molar-refractivity contribution in [2.24, 2.45) is 5.92 Å². The Bertz CT molecular complexity index is 318. The van der Waals surface area contributed by atoms with Gasteiger partial charge in [0.1, 0.15) is 0 Å². The van der Waals surface area contributed by atoms with Crippen LogP contribution in [0.4, 0.5) is 0 Å². The van der Waals surface area contributed by atoms with E-state index in [1.54, 1.807) is 0 Å². The standard InChI is InChI=1S/C13H20N2/c1-10-6-7-15-13(8-10)12(14-2)9-11-4-3-5-11/h6-8,11-12,14H,3-5,9H2,1-2H3. The molecule has 0 amide bonds. The zero-order chi connectivity index (χ0) is 10.7. The average Bonchev–Trinajstić information content (AvgIpc) is 2.16. The van der Waals surface area contributed by atoms with Crippen molar-refractivity contribution in [1.82, 2.24) is 10.3 Å². The second kappa shape index (κ2) is 4.75. The van der Waals surface area contributed by atoms with E-state index in [2.05, 4.69) is 29.4 Å². The molecule has 1 aromatic rings. The number of nitrogens with zero attached hydrogens (tertiary/aromatic N) is 1. The molecule has 2 rings (SSSR count). The van der Waals surface area contributed by atoms with Gasteiger partial charge in [-0.1, -0.05) is 19.3 Å². The molecule has 1 heterocycles. The molecular weight excluding hydrogens is 184 g/mol. The van der Waals surface area contributed by atoms with Gasteiger partial charge in [-0.15, -0.1) is 0 Å². The fourth-order valence-corrected chi connectivity index (χ4v) is 2.20. The topological polar surface area (TPSA) is 24.9 Å². The van der Waals surface area contributed by atoms with Crippen LogP contribution in [0.5, 0.6) is 0 Å². The maximum Gasteiger partial charge on any atom is 0.0575 e. The zero-order valence-electron chi connectivity index (χ0n) is 9.66. The minimum Gasteiger partial charge on any atom is -0.312 e. The van der Waals surface area contributed by atoms with Crippen LogP contribution in [0.3, 0.4) is 0 Å². The average molecular weight is 204 g/mol. The second-order valence-corrected chi connectivity index (χ2v) is 4.63. The number of pyridine rings is 1. The molecule has 1 fully saturated rings. The predicted molar refractivity (Wildman–Crippen MR) is 62.7 cm³/mol. The first kappa shape index (κ1) is 10.6. The number of aromatic nitrogens is 1. The molecule has 1 aromatic heterocycles. The van der Waals surface area contributed by atoms with Crippen LogP contribution in [0.1, 0.15) is 43.0 Å². The lowest BCUT2D eigenvalue weighted by atomic mass is 9.80. The normalized spacial score (nSPS) is 18.5. The third-order valence-corrected chi connectivity index (χ3v) is 3.44. The summed E-state index contributed by atoms with van der Waals surface area (Å²) in [5.74, 6) is 0.921. The quantitative estimate of drug-likeness (QED) is 0.815. The van der Waals surface area contributed by atoms with Gasteiger partial charge in [-0.25, -0.2) is 0 Å². The largest absolute Gasteiger partial charge is 0.312 e. The molecule has 1 saturated carbocycles. The van der Waals surface area contributed by atoms with Crippen molar-refractivity contribution < 1.29 is 0 Å². The minimum absolute atomic E-state index is 0.440. The van der Waals surface area contributed by atoms with Crippen LogP contribution in [0.25, 0.3) is 0 Å². The summed E-state index contributed by atoms with van der Waals surface area (Å²) in [6.45, 7) is 2.13. The van der Waals surface area contributed by atoms with Gasteiger partial charge in [0.2, 0.25) is 0 Å². The molecule has 1 atom stereocenters. The first-order chi connectivity index (χ1) is 7.29. The summed E-state index contributed by atoms with van der Waals surface area (Å²) >= 11 is 0. The molecule has 1 unspecified atom stereocenters. The first-order valence-electron chi connectivity index (χ1n) is 5.89. The maximum absolute atomic E-state index is 4.46. The van der Waals surface area contributed by atoms with Gasteiger partial charge in [-0.3, -0.25) is 4.98 Å². The summed E-state index contributed by atoms with van der Waals surface area (Å²) in [5, 5.41) is 3.38. The third kappa shape index (κ3) is 2.57.